The van der Waals surface area contributed by atoms with Crippen molar-refractivity contribution in [3.63, 3.8) is 0 Å². The lowest BCUT2D eigenvalue weighted by Gasteiger charge is -2.37. The lowest BCUT2D eigenvalue weighted by atomic mass is 9.94. The average molecular weight is 390 g/mol. The first-order chi connectivity index (χ1) is 12.8. The summed E-state index contributed by atoms with van der Waals surface area (Å²) in [5.41, 5.74) is 2.82. The Bertz CT molecular complexity index is 773. The number of carbonyl (C=O) groups is 2. The summed E-state index contributed by atoms with van der Waals surface area (Å²) in [6.45, 7) is 10.3. The van der Waals surface area contributed by atoms with Crippen LogP contribution in [0.1, 0.15) is 46.2 Å². The molecule has 1 amide bonds. The van der Waals surface area contributed by atoms with E-state index in [0.29, 0.717) is 29.5 Å². The molecule has 0 aliphatic carbocycles. The molecule has 1 aromatic carbocycles. The van der Waals surface area contributed by atoms with Crippen molar-refractivity contribution >= 4 is 34.9 Å². The number of anilines is 1. The standard InChI is InChI=1S/C20H27N3O3S/c1-6-23-13(5)16(19(25)26-7-2)17(22-20(23)27)14-9-8-10-15(11-14)21-18(24)12(3)4/h8-12,17H,6-7H2,1-5H3,(H,21,24)(H,22,27)/t17-/m1/s1. The van der Waals surface area contributed by atoms with Crippen LogP contribution in [0.4, 0.5) is 5.69 Å². The summed E-state index contributed by atoms with van der Waals surface area (Å²) in [4.78, 5) is 26.5. The highest BCUT2D eigenvalue weighted by Gasteiger charge is 2.34. The van der Waals surface area contributed by atoms with Crippen molar-refractivity contribution in [3.05, 3.63) is 41.1 Å². The molecule has 0 fully saturated rings. The average Bonchev–Trinajstić information content (AvgIpc) is 2.61. The van der Waals surface area contributed by atoms with Gasteiger partial charge in [-0.15, -0.1) is 0 Å². The molecule has 1 aliphatic rings. The molecule has 0 saturated heterocycles. The smallest absolute Gasteiger partial charge is 0.338 e. The first-order valence-corrected chi connectivity index (χ1v) is 9.57. The van der Waals surface area contributed by atoms with E-state index in [2.05, 4.69) is 10.6 Å². The summed E-state index contributed by atoms with van der Waals surface area (Å²) in [6, 6.07) is 6.99. The number of amides is 1. The van der Waals surface area contributed by atoms with E-state index in [1.54, 1.807) is 6.92 Å². The molecule has 0 unspecified atom stereocenters. The molecule has 27 heavy (non-hydrogen) atoms. The van der Waals surface area contributed by atoms with E-state index < -0.39 is 6.04 Å². The van der Waals surface area contributed by atoms with Crippen LogP contribution in [0.15, 0.2) is 35.5 Å². The van der Waals surface area contributed by atoms with Crippen molar-refractivity contribution in [2.45, 2.75) is 40.7 Å². The number of nitrogens with zero attached hydrogens (tertiary/aromatic N) is 1. The van der Waals surface area contributed by atoms with E-state index in [4.69, 9.17) is 17.0 Å². The molecule has 0 bridgehead atoms. The molecular formula is C20H27N3O3S. The topological polar surface area (TPSA) is 70.7 Å². The van der Waals surface area contributed by atoms with E-state index in [1.807, 2.05) is 56.9 Å². The molecule has 1 aromatic rings. The highest BCUT2D eigenvalue weighted by atomic mass is 32.1. The molecule has 0 saturated carbocycles. The molecule has 1 heterocycles. The van der Waals surface area contributed by atoms with Gasteiger partial charge in [-0.05, 0) is 50.7 Å². The fourth-order valence-electron chi connectivity index (χ4n) is 2.97. The van der Waals surface area contributed by atoms with Gasteiger partial charge in [0.2, 0.25) is 5.91 Å². The number of rotatable bonds is 6. The normalized spacial score (nSPS) is 17.0. The van der Waals surface area contributed by atoms with Crippen LogP contribution < -0.4 is 10.6 Å². The van der Waals surface area contributed by atoms with Gasteiger partial charge in [0.1, 0.15) is 0 Å². The zero-order valence-electron chi connectivity index (χ0n) is 16.5. The minimum atomic E-state index is -0.435. The number of esters is 1. The zero-order chi connectivity index (χ0) is 20.1. The van der Waals surface area contributed by atoms with Crippen LogP contribution in [0.2, 0.25) is 0 Å². The van der Waals surface area contributed by atoms with E-state index in [1.165, 1.54) is 0 Å². The van der Waals surface area contributed by atoms with Gasteiger partial charge in [0.15, 0.2) is 5.11 Å². The predicted molar refractivity (Wildman–Crippen MR) is 110 cm³/mol. The SMILES string of the molecule is CCOC(=O)C1=C(C)N(CC)C(=S)N[C@@H]1c1cccc(NC(=O)C(C)C)c1. The second-order valence-corrected chi connectivity index (χ2v) is 7.00. The van der Waals surface area contributed by atoms with E-state index in [0.717, 1.165) is 11.3 Å². The van der Waals surface area contributed by atoms with E-state index >= 15 is 0 Å². The molecule has 2 N–H and O–H groups in total. The number of ether oxygens (including phenoxy) is 1. The molecular weight excluding hydrogens is 362 g/mol. The maximum atomic E-state index is 12.7. The largest absolute Gasteiger partial charge is 0.463 e. The van der Waals surface area contributed by atoms with Crippen LogP contribution in [-0.4, -0.2) is 35.0 Å². The monoisotopic (exact) mass is 389 g/mol. The molecule has 1 atom stereocenters. The van der Waals surface area contributed by atoms with Crippen molar-refractivity contribution in [1.29, 1.82) is 0 Å². The summed E-state index contributed by atoms with van der Waals surface area (Å²) in [6.07, 6.45) is 0. The second kappa shape index (κ2) is 8.99. The Labute approximate surface area is 166 Å². The second-order valence-electron chi connectivity index (χ2n) is 6.62. The van der Waals surface area contributed by atoms with Gasteiger partial charge in [-0.1, -0.05) is 26.0 Å². The molecule has 0 spiro atoms. The van der Waals surface area contributed by atoms with Gasteiger partial charge >= 0.3 is 5.97 Å². The maximum absolute atomic E-state index is 12.7. The Balaban J connectivity index is 2.45. The number of hydrogen-bond donors (Lipinski definition) is 2. The van der Waals surface area contributed by atoms with Crippen LogP contribution in [0, 0.1) is 5.92 Å². The van der Waals surface area contributed by atoms with Crippen LogP contribution >= 0.6 is 12.2 Å². The molecule has 6 nitrogen and oxygen atoms in total. The zero-order valence-corrected chi connectivity index (χ0v) is 17.3. The highest BCUT2D eigenvalue weighted by Crippen LogP contribution is 2.32. The third kappa shape index (κ3) is 4.66. The van der Waals surface area contributed by atoms with E-state index in [9.17, 15) is 9.59 Å². The summed E-state index contributed by atoms with van der Waals surface area (Å²) >= 11 is 5.48. The minimum absolute atomic E-state index is 0.0613. The lowest BCUT2D eigenvalue weighted by molar-refractivity contribution is -0.139. The first kappa shape index (κ1) is 20.9. The third-order valence-electron chi connectivity index (χ3n) is 4.42. The fraction of sp³-hybridized carbons (Fsp3) is 0.450. The molecule has 2 rings (SSSR count). The van der Waals surface area contributed by atoms with Crippen LogP contribution in [0.3, 0.4) is 0 Å². The summed E-state index contributed by atoms with van der Waals surface area (Å²) < 4.78 is 5.28. The Morgan fingerprint density at radius 3 is 2.63 bits per heavy atom. The quantitative estimate of drug-likeness (QED) is 0.574. The fourth-order valence-corrected chi connectivity index (χ4v) is 3.35. The van der Waals surface area contributed by atoms with Gasteiger partial charge in [-0.2, -0.15) is 0 Å². The highest BCUT2D eigenvalue weighted by molar-refractivity contribution is 7.80. The molecule has 1 aliphatic heterocycles. The summed E-state index contributed by atoms with van der Waals surface area (Å²) in [5, 5.41) is 6.69. The van der Waals surface area contributed by atoms with Crippen molar-refractivity contribution in [2.24, 2.45) is 5.92 Å². The number of hydrogen-bond acceptors (Lipinski definition) is 4. The van der Waals surface area contributed by atoms with Gasteiger partial charge < -0.3 is 20.3 Å². The number of nitrogens with one attached hydrogen (secondary N) is 2. The number of benzene rings is 1. The Morgan fingerprint density at radius 2 is 2.04 bits per heavy atom. The predicted octanol–water partition coefficient (Wildman–Crippen LogP) is 3.37. The molecule has 0 radical (unpaired) electrons. The van der Waals surface area contributed by atoms with Crippen LogP contribution in [0.25, 0.3) is 0 Å². The molecule has 7 heteroatoms. The van der Waals surface area contributed by atoms with Crippen LogP contribution in [-0.2, 0) is 14.3 Å². The number of allylic oxidation sites excluding steroid dienone is 1. The lowest BCUT2D eigenvalue weighted by Crippen LogP contribution is -2.47. The Kier molecular flexibility index (Phi) is 6.96. The Hall–Kier alpha value is -2.41. The number of carbonyl (C=O) groups excluding carboxylic acids is 2. The van der Waals surface area contributed by atoms with Gasteiger partial charge in [-0.25, -0.2) is 4.79 Å². The van der Waals surface area contributed by atoms with Crippen molar-refractivity contribution < 1.29 is 14.3 Å². The molecule has 146 valence electrons. The van der Waals surface area contributed by atoms with Gasteiger partial charge in [-0.3, -0.25) is 4.79 Å². The van der Waals surface area contributed by atoms with Gasteiger partial charge in [0, 0.05) is 23.8 Å². The van der Waals surface area contributed by atoms with Gasteiger partial charge in [0.25, 0.3) is 0 Å². The van der Waals surface area contributed by atoms with Crippen LogP contribution in [0.5, 0.6) is 0 Å². The minimum Gasteiger partial charge on any atom is -0.463 e. The Morgan fingerprint density at radius 1 is 1.33 bits per heavy atom. The third-order valence-corrected chi connectivity index (χ3v) is 4.76. The number of thiocarbonyl (C=S) groups is 1. The van der Waals surface area contributed by atoms with Crippen molar-refractivity contribution in [1.82, 2.24) is 10.2 Å². The first-order valence-electron chi connectivity index (χ1n) is 9.16. The van der Waals surface area contributed by atoms with E-state index in [-0.39, 0.29) is 17.8 Å². The summed E-state index contributed by atoms with van der Waals surface area (Å²) in [5.74, 6) is -0.553. The maximum Gasteiger partial charge on any atom is 0.338 e. The van der Waals surface area contributed by atoms with Crippen molar-refractivity contribution in [3.8, 4) is 0 Å². The summed E-state index contributed by atoms with van der Waals surface area (Å²) in [7, 11) is 0. The van der Waals surface area contributed by atoms with Crippen molar-refractivity contribution in [2.75, 3.05) is 18.5 Å². The van der Waals surface area contributed by atoms with Gasteiger partial charge in [0.05, 0.1) is 18.2 Å². The molecule has 0 aromatic heterocycles.